The average molecular weight is 379 g/mol. The maximum atomic E-state index is 13.0. The summed E-state index contributed by atoms with van der Waals surface area (Å²) >= 11 is 0. The van der Waals surface area contributed by atoms with Gasteiger partial charge < -0.3 is 10.5 Å². The van der Waals surface area contributed by atoms with E-state index in [1.807, 2.05) is 0 Å². The van der Waals surface area contributed by atoms with Crippen molar-refractivity contribution in [3.05, 3.63) is 54.1 Å². The number of rotatable bonds is 5. The van der Waals surface area contributed by atoms with Crippen LogP contribution in [-0.4, -0.2) is 42.8 Å². The topological polar surface area (TPSA) is 103 Å². The molecule has 138 valence electrons. The predicted molar refractivity (Wildman–Crippen MR) is 91.6 cm³/mol. The first-order chi connectivity index (χ1) is 12.4. The minimum absolute atomic E-state index is 0.0412. The third-order valence-electron chi connectivity index (χ3n) is 4.08. The van der Waals surface area contributed by atoms with Gasteiger partial charge in [0.1, 0.15) is 23.4 Å². The molecule has 3 rings (SSSR count). The molecule has 1 atom stereocenters. The molecule has 7 nitrogen and oxygen atoms in total. The van der Waals surface area contributed by atoms with E-state index < -0.39 is 21.7 Å². The predicted octanol–water partition coefficient (Wildman–Crippen LogP) is 1.55. The van der Waals surface area contributed by atoms with E-state index in [0.717, 1.165) is 12.1 Å². The summed E-state index contributed by atoms with van der Waals surface area (Å²) in [5.41, 5.74) is 5.28. The van der Waals surface area contributed by atoms with Gasteiger partial charge in [-0.05, 0) is 43.2 Å². The van der Waals surface area contributed by atoms with E-state index in [9.17, 15) is 17.6 Å². The Morgan fingerprint density at radius 2 is 2.00 bits per heavy atom. The second-order valence-corrected chi connectivity index (χ2v) is 7.88. The first kappa shape index (κ1) is 18.3. The number of halogens is 1. The summed E-state index contributed by atoms with van der Waals surface area (Å²) in [5, 5.41) is 0. The number of ether oxygens (including phenoxy) is 1. The van der Waals surface area contributed by atoms with Gasteiger partial charge in [-0.1, -0.05) is 0 Å². The van der Waals surface area contributed by atoms with Crippen molar-refractivity contribution < 1.29 is 22.3 Å². The number of aromatic nitrogens is 1. The lowest BCUT2D eigenvalue weighted by molar-refractivity contribution is 0.0993. The highest BCUT2D eigenvalue weighted by Gasteiger charge is 2.31. The molecule has 26 heavy (non-hydrogen) atoms. The molecule has 2 N–H and O–H groups in total. The average Bonchev–Trinajstić information content (AvgIpc) is 2.62. The Kier molecular flexibility index (Phi) is 5.19. The maximum Gasteiger partial charge on any atom is 0.267 e. The minimum Gasteiger partial charge on any atom is -0.489 e. The largest absolute Gasteiger partial charge is 0.489 e. The first-order valence-electron chi connectivity index (χ1n) is 8.04. The molecule has 2 heterocycles. The molecule has 1 aromatic heterocycles. The Hall–Kier alpha value is -2.52. The maximum absolute atomic E-state index is 13.0. The number of carbonyl (C=O) groups excluding carboxylic acids is 1. The number of amides is 1. The highest BCUT2D eigenvalue weighted by Crippen LogP contribution is 2.24. The number of piperidine rings is 1. The van der Waals surface area contributed by atoms with Crippen LogP contribution in [0.2, 0.25) is 0 Å². The first-order valence-corrected chi connectivity index (χ1v) is 9.48. The zero-order chi connectivity index (χ0) is 18.7. The monoisotopic (exact) mass is 379 g/mol. The number of carbonyl (C=O) groups is 1. The Labute approximate surface area is 150 Å². The van der Waals surface area contributed by atoms with Crippen molar-refractivity contribution in [1.82, 2.24) is 9.29 Å². The molecule has 0 bridgehead atoms. The molecule has 0 radical (unpaired) electrons. The van der Waals surface area contributed by atoms with Gasteiger partial charge in [-0.15, -0.1) is 0 Å². The zero-order valence-electron chi connectivity index (χ0n) is 13.8. The third-order valence-corrected chi connectivity index (χ3v) is 5.96. The normalized spacial score (nSPS) is 18.4. The van der Waals surface area contributed by atoms with Gasteiger partial charge in [0.15, 0.2) is 0 Å². The fourth-order valence-electron chi connectivity index (χ4n) is 2.79. The number of primary amides is 1. The molecular weight excluding hydrogens is 361 g/mol. The van der Waals surface area contributed by atoms with Crippen LogP contribution in [0.1, 0.15) is 23.3 Å². The molecule has 0 spiro atoms. The lowest BCUT2D eigenvalue weighted by Crippen LogP contribution is -2.44. The van der Waals surface area contributed by atoms with E-state index in [1.165, 1.54) is 28.7 Å². The molecule has 1 aliphatic heterocycles. The number of hydrogen-bond acceptors (Lipinski definition) is 5. The van der Waals surface area contributed by atoms with Crippen molar-refractivity contribution in [1.29, 1.82) is 0 Å². The zero-order valence-corrected chi connectivity index (χ0v) is 14.7. The molecule has 1 aliphatic rings. The number of nitrogens with zero attached hydrogens (tertiary/aromatic N) is 2. The molecule has 1 saturated heterocycles. The number of nitrogens with two attached hydrogens (primary N) is 1. The van der Waals surface area contributed by atoms with E-state index in [-0.39, 0.29) is 23.2 Å². The number of pyridine rings is 1. The summed E-state index contributed by atoms with van der Waals surface area (Å²) in [5.74, 6) is -0.758. The van der Waals surface area contributed by atoms with Crippen molar-refractivity contribution in [3.8, 4) is 5.75 Å². The number of hydrogen-bond donors (Lipinski definition) is 1. The standard InChI is InChI=1S/C17H18FN3O4S/c18-12-3-5-15(6-4-12)26(23,24)21-9-1-2-14(11-21)25-13-7-8-20-16(10-13)17(19)22/h3-8,10,14H,1-2,9,11H2,(H2,19,22). The van der Waals surface area contributed by atoms with Crippen LogP contribution >= 0.6 is 0 Å². The Balaban J connectivity index is 1.74. The highest BCUT2D eigenvalue weighted by molar-refractivity contribution is 7.89. The van der Waals surface area contributed by atoms with Gasteiger partial charge in [-0.25, -0.2) is 12.8 Å². The van der Waals surface area contributed by atoms with Crippen LogP contribution in [-0.2, 0) is 10.0 Å². The Morgan fingerprint density at radius 1 is 1.27 bits per heavy atom. The van der Waals surface area contributed by atoms with Gasteiger partial charge >= 0.3 is 0 Å². The van der Waals surface area contributed by atoms with Crippen molar-refractivity contribution in [2.75, 3.05) is 13.1 Å². The fraction of sp³-hybridized carbons (Fsp3) is 0.294. The molecule has 1 aromatic carbocycles. The summed E-state index contributed by atoms with van der Waals surface area (Å²) < 4.78 is 45.6. The van der Waals surface area contributed by atoms with Gasteiger partial charge in [-0.3, -0.25) is 9.78 Å². The quantitative estimate of drug-likeness (QED) is 0.849. The van der Waals surface area contributed by atoms with Crippen molar-refractivity contribution in [3.63, 3.8) is 0 Å². The SMILES string of the molecule is NC(=O)c1cc(OC2CCCN(S(=O)(=O)c3ccc(F)cc3)C2)ccn1. The second kappa shape index (κ2) is 7.38. The van der Waals surface area contributed by atoms with E-state index in [0.29, 0.717) is 25.1 Å². The number of benzene rings is 1. The van der Waals surface area contributed by atoms with Crippen LogP contribution in [0.3, 0.4) is 0 Å². The number of sulfonamides is 1. The lowest BCUT2D eigenvalue weighted by atomic mass is 10.1. The molecule has 0 saturated carbocycles. The van der Waals surface area contributed by atoms with E-state index >= 15 is 0 Å². The van der Waals surface area contributed by atoms with Crippen LogP contribution in [0.15, 0.2) is 47.5 Å². The summed E-state index contributed by atoms with van der Waals surface area (Å²) in [6.45, 7) is 0.524. The molecule has 0 aliphatic carbocycles. The van der Waals surface area contributed by atoms with Gasteiger partial charge in [0.2, 0.25) is 10.0 Å². The van der Waals surface area contributed by atoms with E-state index in [4.69, 9.17) is 10.5 Å². The lowest BCUT2D eigenvalue weighted by Gasteiger charge is -2.32. The van der Waals surface area contributed by atoms with Gasteiger partial charge in [0.25, 0.3) is 5.91 Å². The van der Waals surface area contributed by atoms with E-state index in [1.54, 1.807) is 6.07 Å². The summed E-state index contributed by atoms with van der Waals surface area (Å²) in [7, 11) is -3.73. The summed E-state index contributed by atoms with van der Waals surface area (Å²) in [6.07, 6.45) is 2.33. The van der Waals surface area contributed by atoms with Gasteiger partial charge in [-0.2, -0.15) is 4.31 Å². The van der Waals surface area contributed by atoms with Crippen LogP contribution in [0.5, 0.6) is 5.75 Å². The Morgan fingerprint density at radius 3 is 2.69 bits per heavy atom. The van der Waals surface area contributed by atoms with Crippen LogP contribution in [0.4, 0.5) is 4.39 Å². The van der Waals surface area contributed by atoms with Crippen molar-refractivity contribution in [2.45, 2.75) is 23.8 Å². The molecule has 2 aromatic rings. The molecular formula is C17H18FN3O4S. The van der Waals surface area contributed by atoms with Gasteiger partial charge in [0.05, 0.1) is 11.4 Å². The van der Waals surface area contributed by atoms with E-state index in [2.05, 4.69) is 4.98 Å². The fourth-order valence-corrected chi connectivity index (χ4v) is 4.30. The van der Waals surface area contributed by atoms with Gasteiger partial charge in [0, 0.05) is 18.8 Å². The minimum atomic E-state index is -3.73. The molecule has 9 heteroatoms. The van der Waals surface area contributed by atoms with Crippen LogP contribution < -0.4 is 10.5 Å². The van der Waals surface area contributed by atoms with Crippen molar-refractivity contribution >= 4 is 15.9 Å². The van der Waals surface area contributed by atoms with Crippen LogP contribution in [0.25, 0.3) is 0 Å². The molecule has 1 unspecified atom stereocenters. The molecule has 1 fully saturated rings. The molecule has 1 amide bonds. The summed E-state index contributed by atoms with van der Waals surface area (Å²) in [4.78, 5) is 15.1. The Bertz CT molecular complexity index is 902. The smallest absolute Gasteiger partial charge is 0.267 e. The summed E-state index contributed by atoms with van der Waals surface area (Å²) in [6, 6.07) is 7.74. The highest BCUT2D eigenvalue weighted by atomic mass is 32.2. The third kappa shape index (κ3) is 4.00. The van der Waals surface area contributed by atoms with Crippen LogP contribution in [0, 0.1) is 5.82 Å². The van der Waals surface area contributed by atoms with Crippen molar-refractivity contribution in [2.24, 2.45) is 5.73 Å². The second-order valence-electron chi connectivity index (χ2n) is 5.94.